The molecule has 0 aliphatic carbocycles. The van der Waals surface area contributed by atoms with E-state index in [1.165, 1.54) is 0 Å². The fourth-order valence-corrected chi connectivity index (χ4v) is 1.66. The van der Waals surface area contributed by atoms with Crippen LogP contribution in [0.2, 0.25) is 0 Å². The van der Waals surface area contributed by atoms with Gasteiger partial charge in [-0.2, -0.15) is 11.8 Å². The van der Waals surface area contributed by atoms with Crippen LogP contribution < -0.4 is 10.6 Å². The summed E-state index contributed by atoms with van der Waals surface area (Å²) >= 11 is 1.82. The lowest BCUT2D eigenvalue weighted by molar-refractivity contribution is 0.756. The molecule has 0 saturated heterocycles. The van der Waals surface area contributed by atoms with Crippen molar-refractivity contribution in [3.05, 3.63) is 24.3 Å². The Balaban J connectivity index is 2.63. The first-order chi connectivity index (χ1) is 9.58. The van der Waals surface area contributed by atoms with Crippen molar-refractivity contribution in [2.75, 3.05) is 19.3 Å². The molecular formula is C13H24N6S. The Morgan fingerprint density at radius 3 is 2.80 bits per heavy atom. The topological polar surface area (TPSA) is 67.1 Å². The van der Waals surface area contributed by atoms with Gasteiger partial charge >= 0.3 is 0 Å². The smallest absolute Gasteiger partial charge is 0.191 e. The molecule has 6 nitrogen and oxygen atoms in total. The zero-order chi connectivity index (χ0) is 15.0. The maximum absolute atomic E-state index is 4.53. The molecule has 0 aliphatic rings. The van der Waals surface area contributed by atoms with Gasteiger partial charge in [0.1, 0.15) is 12.4 Å². The van der Waals surface area contributed by atoms with E-state index < -0.39 is 0 Å². The molecule has 1 heterocycles. The van der Waals surface area contributed by atoms with E-state index in [1.54, 1.807) is 0 Å². The van der Waals surface area contributed by atoms with Gasteiger partial charge < -0.3 is 15.2 Å². The van der Waals surface area contributed by atoms with Gasteiger partial charge in [-0.3, -0.25) is 0 Å². The molecule has 0 radical (unpaired) electrons. The molecule has 1 unspecified atom stereocenters. The summed E-state index contributed by atoms with van der Waals surface area (Å²) in [6.45, 7) is 9.84. The Labute approximate surface area is 125 Å². The third-order valence-corrected chi connectivity index (χ3v) is 3.91. The highest BCUT2D eigenvalue weighted by atomic mass is 32.2. The molecule has 0 spiro atoms. The van der Waals surface area contributed by atoms with Gasteiger partial charge in [0, 0.05) is 25.4 Å². The highest BCUT2D eigenvalue weighted by molar-refractivity contribution is 7.99. The molecule has 0 aliphatic heterocycles. The van der Waals surface area contributed by atoms with Crippen molar-refractivity contribution < 1.29 is 0 Å². The highest BCUT2D eigenvalue weighted by Crippen LogP contribution is 2.02. The SMILES string of the molecule is C=CCNC(=NCc1nnc(C)n1C)NCC(C)SC. The molecule has 7 heteroatoms. The van der Waals surface area contributed by atoms with Crippen LogP contribution in [0.3, 0.4) is 0 Å². The molecule has 1 aromatic heterocycles. The predicted octanol–water partition coefficient (Wildman–Crippen LogP) is 1.10. The van der Waals surface area contributed by atoms with Gasteiger partial charge in [0.25, 0.3) is 0 Å². The maximum atomic E-state index is 4.53. The molecule has 1 atom stereocenters. The number of nitrogens with zero attached hydrogens (tertiary/aromatic N) is 4. The van der Waals surface area contributed by atoms with Crippen LogP contribution in [0.1, 0.15) is 18.6 Å². The minimum Gasteiger partial charge on any atom is -0.355 e. The summed E-state index contributed by atoms with van der Waals surface area (Å²) in [5.41, 5.74) is 0. The molecule has 0 bridgehead atoms. The average Bonchev–Trinajstić information content (AvgIpc) is 2.77. The van der Waals surface area contributed by atoms with Crippen LogP contribution in [0.4, 0.5) is 0 Å². The van der Waals surface area contributed by atoms with Crippen molar-refractivity contribution >= 4 is 17.7 Å². The van der Waals surface area contributed by atoms with Crippen molar-refractivity contribution in [3.63, 3.8) is 0 Å². The highest BCUT2D eigenvalue weighted by Gasteiger charge is 2.05. The normalized spacial score (nSPS) is 13.1. The molecule has 0 aromatic carbocycles. The van der Waals surface area contributed by atoms with Crippen molar-refractivity contribution in [3.8, 4) is 0 Å². The standard InChI is InChI=1S/C13H24N6S/c1-6-7-14-13(15-8-10(2)20-5)16-9-12-18-17-11(3)19(12)4/h6,10H,1,7-9H2,2-5H3,(H2,14,15,16). The van der Waals surface area contributed by atoms with E-state index in [2.05, 4.69) is 45.6 Å². The number of rotatable bonds is 7. The first kappa shape index (κ1) is 16.6. The summed E-state index contributed by atoms with van der Waals surface area (Å²) in [5.74, 6) is 2.51. The fraction of sp³-hybridized carbons (Fsp3) is 0.615. The predicted molar refractivity (Wildman–Crippen MR) is 86.1 cm³/mol. The summed E-state index contributed by atoms with van der Waals surface area (Å²) in [5, 5.41) is 15.2. The number of hydrogen-bond donors (Lipinski definition) is 2. The molecule has 0 saturated carbocycles. The first-order valence-electron chi connectivity index (χ1n) is 6.59. The number of guanidine groups is 1. The van der Waals surface area contributed by atoms with Gasteiger partial charge in [0.15, 0.2) is 11.8 Å². The number of hydrogen-bond acceptors (Lipinski definition) is 4. The second kappa shape index (κ2) is 8.63. The summed E-state index contributed by atoms with van der Waals surface area (Å²) in [6, 6.07) is 0. The Morgan fingerprint density at radius 1 is 1.50 bits per heavy atom. The minimum atomic E-state index is 0.497. The molecule has 112 valence electrons. The molecular weight excluding hydrogens is 272 g/mol. The summed E-state index contributed by atoms with van der Waals surface area (Å²) in [7, 11) is 1.94. The number of nitrogens with one attached hydrogen (secondary N) is 2. The molecule has 20 heavy (non-hydrogen) atoms. The van der Waals surface area contributed by atoms with E-state index in [1.807, 2.05) is 36.4 Å². The number of aromatic nitrogens is 3. The Bertz CT molecular complexity index is 454. The van der Waals surface area contributed by atoms with Crippen molar-refractivity contribution in [2.45, 2.75) is 25.6 Å². The third-order valence-electron chi connectivity index (χ3n) is 2.93. The van der Waals surface area contributed by atoms with Gasteiger partial charge in [-0.05, 0) is 13.2 Å². The van der Waals surface area contributed by atoms with Crippen LogP contribution in [-0.2, 0) is 13.6 Å². The number of aryl methyl sites for hydroxylation is 1. The van der Waals surface area contributed by atoms with Gasteiger partial charge in [-0.15, -0.1) is 16.8 Å². The van der Waals surface area contributed by atoms with E-state index in [4.69, 9.17) is 0 Å². The number of aliphatic imine (C=N–C) groups is 1. The van der Waals surface area contributed by atoms with E-state index in [0.717, 1.165) is 24.2 Å². The lowest BCUT2D eigenvalue weighted by atomic mass is 10.4. The Hall–Kier alpha value is -1.50. The van der Waals surface area contributed by atoms with Crippen molar-refractivity contribution in [2.24, 2.45) is 12.0 Å². The second-order valence-electron chi connectivity index (χ2n) is 4.48. The van der Waals surface area contributed by atoms with E-state index in [0.29, 0.717) is 18.3 Å². The summed E-state index contributed by atoms with van der Waals surface area (Å²) < 4.78 is 1.94. The van der Waals surface area contributed by atoms with Crippen molar-refractivity contribution in [1.82, 2.24) is 25.4 Å². The molecule has 0 amide bonds. The molecule has 1 rings (SSSR count). The third kappa shape index (κ3) is 5.24. The van der Waals surface area contributed by atoms with E-state index in [-0.39, 0.29) is 0 Å². The van der Waals surface area contributed by atoms with Crippen LogP contribution in [0.15, 0.2) is 17.6 Å². The lowest BCUT2D eigenvalue weighted by Gasteiger charge is -2.14. The molecule has 2 N–H and O–H groups in total. The van der Waals surface area contributed by atoms with Gasteiger partial charge in [-0.25, -0.2) is 4.99 Å². The van der Waals surface area contributed by atoms with E-state index in [9.17, 15) is 0 Å². The van der Waals surface area contributed by atoms with Gasteiger partial charge in [-0.1, -0.05) is 13.0 Å². The molecule has 1 aromatic rings. The monoisotopic (exact) mass is 296 g/mol. The Kier molecular flexibility index (Phi) is 7.14. The largest absolute Gasteiger partial charge is 0.355 e. The lowest BCUT2D eigenvalue weighted by Crippen LogP contribution is -2.40. The zero-order valence-electron chi connectivity index (χ0n) is 12.7. The summed E-state index contributed by atoms with van der Waals surface area (Å²) in [4.78, 5) is 4.53. The Morgan fingerprint density at radius 2 is 2.25 bits per heavy atom. The zero-order valence-corrected chi connectivity index (χ0v) is 13.5. The van der Waals surface area contributed by atoms with Gasteiger partial charge in [0.2, 0.25) is 0 Å². The minimum absolute atomic E-state index is 0.497. The molecule has 0 fully saturated rings. The quantitative estimate of drug-likeness (QED) is 0.448. The van der Waals surface area contributed by atoms with Crippen LogP contribution in [0.25, 0.3) is 0 Å². The van der Waals surface area contributed by atoms with Gasteiger partial charge in [0.05, 0.1) is 0 Å². The van der Waals surface area contributed by atoms with Crippen LogP contribution >= 0.6 is 11.8 Å². The van der Waals surface area contributed by atoms with Crippen molar-refractivity contribution in [1.29, 1.82) is 0 Å². The first-order valence-corrected chi connectivity index (χ1v) is 7.88. The van der Waals surface area contributed by atoms with Crippen LogP contribution in [0.5, 0.6) is 0 Å². The van der Waals surface area contributed by atoms with Crippen LogP contribution in [0, 0.1) is 6.92 Å². The summed E-state index contributed by atoms with van der Waals surface area (Å²) in [6.07, 6.45) is 3.91. The fourth-order valence-electron chi connectivity index (χ4n) is 1.41. The van der Waals surface area contributed by atoms with Crippen LogP contribution in [-0.4, -0.2) is 45.3 Å². The second-order valence-corrected chi connectivity index (χ2v) is 5.76. The number of thioether (sulfide) groups is 1. The average molecular weight is 296 g/mol. The maximum Gasteiger partial charge on any atom is 0.191 e. The van der Waals surface area contributed by atoms with E-state index >= 15 is 0 Å².